The van der Waals surface area contributed by atoms with E-state index >= 15 is 0 Å². The molecular formula is C15H22N2O3S. The zero-order valence-corrected chi connectivity index (χ0v) is 13.2. The van der Waals surface area contributed by atoms with E-state index in [0.29, 0.717) is 6.42 Å². The standard InChI is InChI=1S/C15H22N2O3S/c1-10(8-13-4-3-7-21-13)16-15(19)17-12-6-5-11(9-12)14(18)20-2/h3-4,7,10-12H,5-6,8-9H2,1-2H3,(H2,16,17,19)/t10-,11+,12-/m1/s1. The molecule has 2 rings (SSSR count). The number of hydrogen-bond donors (Lipinski definition) is 2. The molecular weight excluding hydrogens is 288 g/mol. The number of amides is 2. The summed E-state index contributed by atoms with van der Waals surface area (Å²) in [5.41, 5.74) is 0. The van der Waals surface area contributed by atoms with E-state index in [0.717, 1.165) is 19.3 Å². The molecule has 0 aliphatic heterocycles. The average Bonchev–Trinajstić information content (AvgIpc) is 3.09. The molecule has 5 nitrogen and oxygen atoms in total. The lowest BCUT2D eigenvalue weighted by Crippen LogP contribution is -2.45. The fourth-order valence-corrected chi connectivity index (χ4v) is 3.56. The van der Waals surface area contributed by atoms with Crippen LogP contribution in [0.3, 0.4) is 0 Å². The first-order valence-electron chi connectivity index (χ1n) is 7.25. The van der Waals surface area contributed by atoms with Crippen LogP contribution in [0.1, 0.15) is 31.1 Å². The third kappa shape index (κ3) is 4.74. The van der Waals surface area contributed by atoms with Crippen LogP contribution in [0.25, 0.3) is 0 Å². The molecule has 0 unspecified atom stereocenters. The highest BCUT2D eigenvalue weighted by Crippen LogP contribution is 2.26. The molecule has 1 aromatic heterocycles. The zero-order valence-electron chi connectivity index (χ0n) is 12.4. The molecule has 0 radical (unpaired) electrons. The van der Waals surface area contributed by atoms with E-state index in [1.807, 2.05) is 18.4 Å². The van der Waals surface area contributed by atoms with Crippen LogP contribution in [0.2, 0.25) is 0 Å². The number of carbonyl (C=O) groups excluding carboxylic acids is 2. The molecule has 1 aromatic rings. The van der Waals surface area contributed by atoms with Crippen molar-refractivity contribution in [3.05, 3.63) is 22.4 Å². The first-order chi connectivity index (χ1) is 10.1. The lowest BCUT2D eigenvalue weighted by Gasteiger charge is -2.17. The van der Waals surface area contributed by atoms with Crippen LogP contribution >= 0.6 is 11.3 Å². The molecule has 0 bridgehead atoms. The largest absolute Gasteiger partial charge is 0.469 e. The Hall–Kier alpha value is -1.56. The summed E-state index contributed by atoms with van der Waals surface area (Å²) in [6.45, 7) is 1.99. The molecule has 1 aliphatic rings. The van der Waals surface area contributed by atoms with Crippen molar-refractivity contribution in [2.45, 2.75) is 44.7 Å². The molecule has 1 heterocycles. The van der Waals surface area contributed by atoms with E-state index in [9.17, 15) is 9.59 Å². The number of methoxy groups -OCH3 is 1. The molecule has 1 aliphatic carbocycles. The van der Waals surface area contributed by atoms with Gasteiger partial charge in [-0.05, 0) is 37.6 Å². The molecule has 6 heteroatoms. The van der Waals surface area contributed by atoms with Gasteiger partial charge in [-0.25, -0.2) is 4.79 Å². The van der Waals surface area contributed by atoms with Gasteiger partial charge in [-0.1, -0.05) is 6.07 Å². The normalized spacial score (nSPS) is 22.6. The van der Waals surface area contributed by atoms with Crippen LogP contribution < -0.4 is 10.6 Å². The summed E-state index contributed by atoms with van der Waals surface area (Å²) in [4.78, 5) is 24.7. The van der Waals surface area contributed by atoms with Gasteiger partial charge in [0.25, 0.3) is 0 Å². The third-order valence-corrected chi connectivity index (χ3v) is 4.67. The first kappa shape index (κ1) is 15.8. The second-order valence-corrected chi connectivity index (χ2v) is 6.56. The van der Waals surface area contributed by atoms with Gasteiger partial charge in [0.1, 0.15) is 0 Å². The van der Waals surface area contributed by atoms with Crippen molar-refractivity contribution in [2.75, 3.05) is 7.11 Å². The van der Waals surface area contributed by atoms with Gasteiger partial charge in [-0.15, -0.1) is 11.3 Å². The zero-order chi connectivity index (χ0) is 15.2. The summed E-state index contributed by atoms with van der Waals surface area (Å²) in [5, 5.41) is 7.92. The van der Waals surface area contributed by atoms with Gasteiger partial charge in [0, 0.05) is 23.4 Å². The predicted molar refractivity (Wildman–Crippen MR) is 82.3 cm³/mol. The number of nitrogens with one attached hydrogen (secondary N) is 2. The second kappa shape index (κ2) is 7.45. The van der Waals surface area contributed by atoms with Gasteiger partial charge in [-0.3, -0.25) is 4.79 Å². The van der Waals surface area contributed by atoms with Crippen LogP contribution in [-0.4, -0.2) is 31.2 Å². The molecule has 0 aromatic carbocycles. The summed E-state index contributed by atoms with van der Waals surface area (Å²) >= 11 is 1.69. The molecule has 0 spiro atoms. The summed E-state index contributed by atoms with van der Waals surface area (Å²) in [5.74, 6) is -0.255. The molecule has 1 fully saturated rings. The first-order valence-corrected chi connectivity index (χ1v) is 8.13. The van der Waals surface area contributed by atoms with Crippen LogP contribution in [0.4, 0.5) is 4.79 Å². The lowest BCUT2D eigenvalue weighted by molar-refractivity contribution is -0.145. The van der Waals surface area contributed by atoms with Crippen LogP contribution in [0.15, 0.2) is 17.5 Å². The SMILES string of the molecule is COC(=O)[C@H]1CC[C@@H](NC(=O)N[C@H](C)Cc2cccs2)C1. The quantitative estimate of drug-likeness (QED) is 0.820. The number of carbonyl (C=O) groups is 2. The minimum absolute atomic E-state index is 0.0584. The van der Waals surface area contributed by atoms with E-state index in [-0.39, 0.29) is 30.0 Å². The minimum Gasteiger partial charge on any atom is -0.469 e. The Morgan fingerprint density at radius 2 is 2.29 bits per heavy atom. The number of ether oxygens (including phenoxy) is 1. The maximum absolute atomic E-state index is 11.9. The lowest BCUT2D eigenvalue weighted by atomic mass is 10.1. The molecule has 21 heavy (non-hydrogen) atoms. The van der Waals surface area contributed by atoms with Gasteiger partial charge >= 0.3 is 12.0 Å². The van der Waals surface area contributed by atoms with Crippen molar-refractivity contribution >= 4 is 23.3 Å². The van der Waals surface area contributed by atoms with E-state index in [1.54, 1.807) is 11.3 Å². The number of rotatable bonds is 5. The van der Waals surface area contributed by atoms with Crippen LogP contribution in [-0.2, 0) is 16.0 Å². The Balaban J connectivity index is 1.71. The molecule has 3 atom stereocenters. The topological polar surface area (TPSA) is 67.4 Å². The van der Waals surface area contributed by atoms with Crippen molar-refractivity contribution in [3.63, 3.8) is 0 Å². The Kier molecular flexibility index (Phi) is 5.61. The van der Waals surface area contributed by atoms with E-state index in [4.69, 9.17) is 4.74 Å². The number of esters is 1. The van der Waals surface area contributed by atoms with Crippen molar-refractivity contribution in [3.8, 4) is 0 Å². The third-order valence-electron chi connectivity index (χ3n) is 3.77. The molecule has 2 amide bonds. The van der Waals surface area contributed by atoms with Gasteiger partial charge < -0.3 is 15.4 Å². The van der Waals surface area contributed by atoms with Crippen LogP contribution in [0, 0.1) is 5.92 Å². The highest BCUT2D eigenvalue weighted by atomic mass is 32.1. The maximum atomic E-state index is 11.9. The van der Waals surface area contributed by atoms with E-state index in [2.05, 4.69) is 16.7 Å². The van der Waals surface area contributed by atoms with Crippen molar-refractivity contribution in [1.29, 1.82) is 0 Å². The number of thiophene rings is 1. The van der Waals surface area contributed by atoms with Crippen molar-refractivity contribution < 1.29 is 14.3 Å². The summed E-state index contributed by atoms with van der Waals surface area (Å²) in [7, 11) is 1.40. The highest BCUT2D eigenvalue weighted by molar-refractivity contribution is 7.09. The maximum Gasteiger partial charge on any atom is 0.315 e. The van der Waals surface area contributed by atoms with Crippen molar-refractivity contribution in [1.82, 2.24) is 10.6 Å². The van der Waals surface area contributed by atoms with E-state index in [1.165, 1.54) is 12.0 Å². The molecule has 116 valence electrons. The molecule has 0 saturated heterocycles. The Morgan fingerprint density at radius 1 is 1.48 bits per heavy atom. The van der Waals surface area contributed by atoms with E-state index < -0.39 is 0 Å². The predicted octanol–water partition coefficient (Wildman–Crippen LogP) is 2.32. The smallest absolute Gasteiger partial charge is 0.315 e. The molecule has 1 saturated carbocycles. The fraction of sp³-hybridized carbons (Fsp3) is 0.600. The molecule has 2 N–H and O–H groups in total. The van der Waals surface area contributed by atoms with Crippen LogP contribution in [0.5, 0.6) is 0 Å². The Morgan fingerprint density at radius 3 is 2.95 bits per heavy atom. The monoisotopic (exact) mass is 310 g/mol. The van der Waals surface area contributed by atoms with Crippen molar-refractivity contribution in [2.24, 2.45) is 5.92 Å². The highest BCUT2D eigenvalue weighted by Gasteiger charge is 2.31. The number of urea groups is 1. The van der Waals surface area contributed by atoms with Gasteiger partial charge in [-0.2, -0.15) is 0 Å². The van der Waals surface area contributed by atoms with Gasteiger partial charge in [0.15, 0.2) is 0 Å². The number of hydrogen-bond acceptors (Lipinski definition) is 4. The fourth-order valence-electron chi connectivity index (χ4n) is 2.73. The summed E-state index contributed by atoms with van der Waals surface area (Å²) < 4.78 is 4.74. The van der Waals surface area contributed by atoms with Gasteiger partial charge in [0.2, 0.25) is 0 Å². The minimum atomic E-state index is -0.175. The Labute approximate surface area is 129 Å². The second-order valence-electron chi connectivity index (χ2n) is 5.53. The average molecular weight is 310 g/mol. The summed E-state index contributed by atoms with van der Waals surface area (Å²) in [6.07, 6.45) is 3.11. The summed E-state index contributed by atoms with van der Waals surface area (Å²) in [6, 6.07) is 4.07. The Bertz CT molecular complexity index is 475. The van der Waals surface area contributed by atoms with Gasteiger partial charge in [0.05, 0.1) is 13.0 Å².